The Hall–Kier alpha value is -1.83. The van der Waals surface area contributed by atoms with Gasteiger partial charge in [0, 0.05) is 0 Å². The summed E-state index contributed by atoms with van der Waals surface area (Å²) in [5.41, 5.74) is 0.0324. The van der Waals surface area contributed by atoms with Crippen molar-refractivity contribution in [3.05, 3.63) is 34.1 Å². The molecule has 0 aliphatic heterocycles. The van der Waals surface area contributed by atoms with Crippen LogP contribution >= 0.6 is 0 Å². The summed E-state index contributed by atoms with van der Waals surface area (Å²) >= 11 is 0. The Morgan fingerprint density at radius 2 is 2.50 bits per heavy atom. The highest BCUT2D eigenvalue weighted by atomic mass is 16.7. The summed E-state index contributed by atoms with van der Waals surface area (Å²) in [6.45, 7) is 0. The van der Waals surface area contributed by atoms with Crippen molar-refractivity contribution in [2.75, 3.05) is 0 Å². The van der Waals surface area contributed by atoms with Gasteiger partial charge in [-0.15, -0.1) is 0 Å². The van der Waals surface area contributed by atoms with Crippen LogP contribution in [0.2, 0.25) is 0 Å². The third kappa shape index (κ3) is 0.821. The molecule has 5 nitrogen and oxygen atoms in total. The minimum absolute atomic E-state index is 0.0324. The van der Waals surface area contributed by atoms with E-state index in [4.69, 9.17) is 5.26 Å². The maximum atomic E-state index is 10.1. The van der Waals surface area contributed by atoms with E-state index in [1.54, 1.807) is 6.07 Å². The van der Waals surface area contributed by atoms with Crippen LogP contribution in [0, 0.1) is 21.4 Å². The van der Waals surface area contributed by atoms with Crippen LogP contribution in [0.1, 0.15) is 5.69 Å². The molecule has 1 aromatic heterocycles. The number of aromatic nitrogens is 1. The Morgan fingerprint density at radius 1 is 1.80 bits per heavy atom. The summed E-state index contributed by atoms with van der Waals surface area (Å²) < 4.78 is 0.667. The van der Waals surface area contributed by atoms with Gasteiger partial charge in [0.25, 0.3) is 0 Å². The second-order valence-electron chi connectivity index (χ2n) is 1.59. The Balaban J connectivity index is 3.17. The zero-order valence-corrected chi connectivity index (χ0v) is 4.89. The molecule has 1 aromatic rings. The minimum Gasteiger partial charge on any atom is -0.234 e. The molecule has 0 N–H and O–H groups in total. The van der Waals surface area contributed by atoms with Crippen LogP contribution in [0.4, 0.5) is 0 Å². The smallest absolute Gasteiger partial charge is 0.187 e. The molecule has 1 rings (SSSR count). The van der Waals surface area contributed by atoms with Gasteiger partial charge in [0.1, 0.15) is 6.07 Å². The minimum atomic E-state index is -0.654. The van der Waals surface area contributed by atoms with Crippen molar-refractivity contribution in [1.82, 2.24) is 4.68 Å². The second kappa shape index (κ2) is 2.19. The first-order valence-electron chi connectivity index (χ1n) is 2.48. The number of hydrogen-bond acceptors (Lipinski definition) is 3. The first-order valence-corrected chi connectivity index (χ1v) is 2.48. The van der Waals surface area contributed by atoms with E-state index in [0.717, 1.165) is 0 Å². The van der Waals surface area contributed by atoms with Crippen molar-refractivity contribution in [3.8, 4) is 6.07 Å². The SMILES string of the molecule is N#Cc1cccn1[N+](=O)[O-]. The lowest BCUT2D eigenvalue weighted by atomic mass is 10.5. The topological polar surface area (TPSA) is 71.9 Å². The molecule has 5 heteroatoms. The van der Waals surface area contributed by atoms with Gasteiger partial charge < -0.3 is 0 Å². The first-order chi connectivity index (χ1) is 4.75. The lowest BCUT2D eigenvalue weighted by Gasteiger charge is -1.87. The second-order valence-corrected chi connectivity index (χ2v) is 1.59. The molecule has 0 radical (unpaired) electrons. The largest absolute Gasteiger partial charge is 0.234 e. The first kappa shape index (κ1) is 6.29. The number of nitriles is 1. The van der Waals surface area contributed by atoms with Crippen molar-refractivity contribution in [2.45, 2.75) is 0 Å². The van der Waals surface area contributed by atoms with Crippen LogP contribution in [0.25, 0.3) is 0 Å². The van der Waals surface area contributed by atoms with E-state index in [2.05, 4.69) is 0 Å². The van der Waals surface area contributed by atoms with Crippen LogP contribution in [0.15, 0.2) is 18.3 Å². The lowest BCUT2D eigenvalue weighted by Crippen LogP contribution is -2.08. The molecule has 1 heterocycles. The summed E-state index contributed by atoms with van der Waals surface area (Å²) in [6, 6.07) is 4.50. The van der Waals surface area contributed by atoms with Gasteiger partial charge >= 0.3 is 0 Å². The molecule has 0 unspecified atom stereocenters. The molecule has 0 aliphatic rings. The number of nitrogens with zero attached hydrogens (tertiary/aromatic N) is 3. The normalized spacial score (nSPS) is 8.70. The molecule has 0 bridgehead atoms. The van der Waals surface area contributed by atoms with Gasteiger partial charge in [0.2, 0.25) is 0 Å². The molecule has 10 heavy (non-hydrogen) atoms. The summed E-state index contributed by atoms with van der Waals surface area (Å²) in [4.78, 5) is 10.1. The van der Waals surface area contributed by atoms with Crippen molar-refractivity contribution >= 4 is 0 Å². The molecule has 0 aromatic carbocycles. The summed E-state index contributed by atoms with van der Waals surface area (Å²) in [5.74, 6) is 0. The van der Waals surface area contributed by atoms with E-state index in [9.17, 15) is 10.1 Å². The summed E-state index contributed by atoms with van der Waals surface area (Å²) in [5, 5.41) is 17.7. The number of rotatable bonds is 1. The third-order valence-corrected chi connectivity index (χ3v) is 1.02. The van der Waals surface area contributed by atoms with Gasteiger partial charge in [0.15, 0.2) is 10.7 Å². The third-order valence-electron chi connectivity index (χ3n) is 1.02. The van der Waals surface area contributed by atoms with Crippen molar-refractivity contribution in [2.24, 2.45) is 0 Å². The zero-order valence-electron chi connectivity index (χ0n) is 4.89. The monoisotopic (exact) mass is 137 g/mol. The number of hydrogen-bond donors (Lipinski definition) is 0. The van der Waals surface area contributed by atoms with Gasteiger partial charge in [-0.1, -0.05) is 4.68 Å². The molecular weight excluding hydrogens is 134 g/mol. The van der Waals surface area contributed by atoms with E-state index in [1.165, 1.54) is 18.3 Å². The molecule has 0 amide bonds. The molecule has 50 valence electrons. The average molecular weight is 137 g/mol. The van der Waals surface area contributed by atoms with Crippen molar-refractivity contribution in [3.63, 3.8) is 0 Å². The molecule has 0 saturated carbocycles. The maximum Gasteiger partial charge on any atom is 0.187 e. The van der Waals surface area contributed by atoms with Crippen molar-refractivity contribution in [1.29, 1.82) is 5.26 Å². The van der Waals surface area contributed by atoms with E-state index < -0.39 is 5.03 Å². The maximum absolute atomic E-state index is 10.1. The predicted octanol–water partition coefficient (Wildman–Crippen LogP) is 0.400. The molecule has 0 fully saturated rings. The Morgan fingerprint density at radius 3 is 2.90 bits per heavy atom. The molecule has 0 spiro atoms. The quantitative estimate of drug-likeness (QED) is 0.415. The fourth-order valence-electron chi connectivity index (χ4n) is 0.603. The van der Waals surface area contributed by atoms with Gasteiger partial charge in [-0.25, -0.2) is 10.1 Å². The standard InChI is InChI=1S/C5H3N3O2/c6-4-5-2-1-3-7(5)8(9)10/h1-3H. The van der Waals surface area contributed by atoms with E-state index in [0.29, 0.717) is 4.68 Å². The van der Waals surface area contributed by atoms with E-state index in [1.807, 2.05) is 0 Å². The van der Waals surface area contributed by atoms with Gasteiger partial charge in [0.05, 0.1) is 6.20 Å². The van der Waals surface area contributed by atoms with Crippen LogP contribution in [-0.2, 0) is 0 Å². The van der Waals surface area contributed by atoms with Gasteiger partial charge in [-0.3, -0.25) is 0 Å². The van der Waals surface area contributed by atoms with Crippen molar-refractivity contribution < 1.29 is 5.03 Å². The lowest BCUT2D eigenvalue weighted by molar-refractivity contribution is -0.542. The Kier molecular flexibility index (Phi) is 1.38. The van der Waals surface area contributed by atoms with Gasteiger partial charge in [-0.2, -0.15) is 5.26 Å². The average Bonchev–Trinajstić information content (AvgIpc) is 2.33. The van der Waals surface area contributed by atoms with E-state index in [-0.39, 0.29) is 5.69 Å². The molecule has 0 aliphatic carbocycles. The van der Waals surface area contributed by atoms with Crippen LogP contribution in [-0.4, -0.2) is 9.71 Å². The fraction of sp³-hybridized carbons (Fsp3) is 0. The van der Waals surface area contributed by atoms with Crippen LogP contribution in [0.5, 0.6) is 0 Å². The highest BCUT2D eigenvalue weighted by Crippen LogP contribution is 1.97. The Labute approximate surface area is 56.2 Å². The molecule has 0 saturated heterocycles. The highest BCUT2D eigenvalue weighted by Gasteiger charge is 2.06. The molecular formula is C5H3N3O2. The summed E-state index contributed by atoms with van der Waals surface area (Å²) in [6.07, 6.45) is 1.22. The predicted molar refractivity (Wildman–Crippen MR) is 31.5 cm³/mol. The zero-order chi connectivity index (χ0) is 7.56. The molecule has 0 atom stereocenters. The number of nitro groups is 1. The summed E-state index contributed by atoms with van der Waals surface area (Å²) in [7, 11) is 0. The van der Waals surface area contributed by atoms with E-state index >= 15 is 0 Å². The van der Waals surface area contributed by atoms with Gasteiger partial charge in [-0.05, 0) is 12.1 Å². The fourth-order valence-corrected chi connectivity index (χ4v) is 0.603. The van der Waals surface area contributed by atoms with Crippen LogP contribution in [0.3, 0.4) is 0 Å². The Bertz CT molecular complexity index is 296. The van der Waals surface area contributed by atoms with Crippen LogP contribution < -0.4 is 0 Å². The highest BCUT2D eigenvalue weighted by molar-refractivity contribution is 5.20.